The molecule has 1 aromatic rings. The predicted molar refractivity (Wildman–Crippen MR) is 68.0 cm³/mol. The van der Waals surface area contributed by atoms with Crippen LogP contribution in [-0.4, -0.2) is 51.2 Å². The van der Waals surface area contributed by atoms with Crippen LogP contribution in [0.25, 0.3) is 0 Å². The summed E-state index contributed by atoms with van der Waals surface area (Å²) in [5.74, 6) is 0. The minimum Gasteiger partial charge on any atom is -0.387 e. The van der Waals surface area contributed by atoms with E-state index in [4.69, 9.17) is 0 Å². The van der Waals surface area contributed by atoms with Crippen LogP contribution in [0.5, 0.6) is 0 Å². The van der Waals surface area contributed by atoms with E-state index in [2.05, 4.69) is 0 Å². The highest BCUT2D eigenvalue weighted by molar-refractivity contribution is 7.90. The second-order valence-corrected chi connectivity index (χ2v) is 6.49. The summed E-state index contributed by atoms with van der Waals surface area (Å²) < 4.78 is 46.8. The normalized spacial score (nSPS) is 14.1. The Hall–Kier alpha value is -1.05. The van der Waals surface area contributed by atoms with Crippen molar-refractivity contribution in [2.45, 2.75) is 17.4 Å². The van der Waals surface area contributed by atoms with Crippen LogP contribution in [0, 0.1) is 0 Å². The fraction of sp³-hybridized carbons (Fsp3) is 0.500. The molecule has 108 valence electrons. The topological polar surface area (TPSA) is 57.6 Å². The molecule has 19 heavy (non-hydrogen) atoms. The van der Waals surface area contributed by atoms with Gasteiger partial charge in [-0.1, -0.05) is 12.1 Å². The number of sulfone groups is 1. The number of alkyl halides is 2. The summed E-state index contributed by atoms with van der Waals surface area (Å²) in [4.78, 5) is 1.48. The molecule has 1 rings (SSSR count). The number of nitrogens with zero attached hydrogens (tertiary/aromatic N) is 1. The van der Waals surface area contributed by atoms with Gasteiger partial charge in [0.2, 0.25) is 0 Å². The third-order valence-corrected chi connectivity index (χ3v) is 3.76. The number of hydrogen-bond acceptors (Lipinski definition) is 4. The number of aliphatic hydroxyl groups excluding tert-OH is 1. The van der Waals surface area contributed by atoms with Crippen LogP contribution in [0.3, 0.4) is 0 Å². The van der Waals surface area contributed by atoms with E-state index in [1.54, 1.807) is 0 Å². The van der Waals surface area contributed by atoms with Gasteiger partial charge in [0.15, 0.2) is 9.84 Å². The Morgan fingerprint density at radius 1 is 1.21 bits per heavy atom. The smallest absolute Gasteiger partial charge is 0.251 e. The molecule has 0 aromatic heterocycles. The first kappa shape index (κ1) is 16.0. The Kier molecular flexibility index (Phi) is 5.39. The minimum absolute atomic E-state index is 0.0581. The summed E-state index contributed by atoms with van der Waals surface area (Å²) in [6, 6.07) is 5.75. The zero-order chi connectivity index (χ0) is 14.6. The Morgan fingerprint density at radius 2 is 1.74 bits per heavy atom. The first-order chi connectivity index (χ1) is 8.70. The Labute approximate surface area is 111 Å². The second-order valence-electron chi connectivity index (χ2n) is 4.47. The van der Waals surface area contributed by atoms with E-state index in [0.29, 0.717) is 5.56 Å². The van der Waals surface area contributed by atoms with Crippen molar-refractivity contribution in [1.82, 2.24) is 4.90 Å². The first-order valence-corrected chi connectivity index (χ1v) is 7.54. The molecule has 0 saturated heterocycles. The van der Waals surface area contributed by atoms with E-state index in [1.807, 2.05) is 0 Å². The number of likely N-dealkylation sites (N-methyl/N-ethyl adjacent to an activating group) is 1. The van der Waals surface area contributed by atoms with Gasteiger partial charge in [0.05, 0.1) is 17.5 Å². The van der Waals surface area contributed by atoms with Crippen molar-refractivity contribution < 1.29 is 22.3 Å². The molecular formula is C12H17F2NO3S. The van der Waals surface area contributed by atoms with Crippen LogP contribution >= 0.6 is 0 Å². The second kappa shape index (κ2) is 6.40. The molecule has 0 heterocycles. The molecule has 0 fully saturated rings. The maximum atomic E-state index is 12.1. The molecule has 0 aliphatic heterocycles. The van der Waals surface area contributed by atoms with Gasteiger partial charge in [-0.3, -0.25) is 4.90 Å². The van der Waals surface area contributed by atoms with Crippen molar-refractivity contribution in [3.63, 3.8) is 0 Å². The lowest BCUT2D eigenvalue weighted by atomic mass is 10.1. The van der Waals surface area contributed by atoms with Crippen LogP contribution < -0.4 is 0 Å². The molecule has 1 unspecified atom stereocenters. The van der Waals surface area contributed by atoms with Gasteiger partial charge in [0.1, 0.15) is 0 Å². The van der Waals surface area contributed by atoms with Crippen LogP contribution in [-0.2, 0) is 9.84 Å². The lowest BCUT2D eigenvalue weighted by Gasteiger charge is -2.20. The standard InChI is InChI=1S/C12H17F2NO3S/c1-15(8-12(13)14)7-11(16)9-3-5-10(6-4-9)19(2,17)18/h3-6,11-12,16H,7-8H2,1-2H3. The van der Waals surface area contributed by atoms with E-state index in [-0.39, 0.29) is 11.4 Å². The van der Waals surface area contributed by atoms with Crippen molar-refractivity contribution in [2.75, 3.05) is 26.4 Å². The van der Waals surface area contributed by atoms with Gasteiger partial charge in [-0.05, 0) is 24.7 Å². The number of halogens is 2. The molecule has 0 bridgehead atoms. The van der Waals surface area contributed by atoms with Crippen molar-refractivity contribution in [1.29, 1.82) is 0 Å². The highest BCUT2D eigenvalue weighted by Gasteiger charge is 2.15. The summed E-state index contributed by atoms with van der Waals surface area (Å²) in [5, 5.41) is 9.86. The molecule has 4 nitrogen and oxygen atoms in total. The Bertz CT molecular complexity index is 502. The van der Waals surface area contributed by atoms with E-state index in [9.17, 15) is 22.3 Å². The van der Waals surface area contributed by atoms with Gasteiger partial charge in [-0.15, -0.1) is 0 Å². The lowest BCUT2D eigenvalue weighted by Crippen LogP contribution is -2.29. The summed E-state index contributed by atoms with van der Waals surface area (Å²) in [5.41, 5.74) is 0.494. The molecule has 0 spiro atoms. The molecule has 0 aliphatic carbocycles. The van der Waals surface area contributed by atoms with E-state index in [0.717, 1.165) is 6.26 Å². The number of aliphatic hydroxyl groups is 1. The first-order valence-electron chi connectivity index (χ1n) is 5.65. The quantitative estimate of drug-likeness (QED) is 0.859. The zero-order valence-electron chi connectivity index (χ0n) is 10.8. The maximum absolute atomic E-state index is 12.1. The Morgan fingerprint density at radius 3 is 2.16 bits per heavy atom. The van der Waals surface area contributed by atoms with Gasteiger partial charge < -0.3 is 5.11 Å². The van der Waals surface area contributed by atoms with Crippen molar-refractivity contribution in [2.24, 2.45) is 0 Å². The summed E-state index contributed by atoms with van der Waals surface area (Å²) >= 11 is 0. The zero-order valence-corrected chi connectivity index (χ0v) is 11.6. The highest BCUT2D eigenvalue weighted by atomic mass is 32.2. The average Bonchev–Trinajstić information content (AvgIpc) is 2.26. The maximum Gasteiger partial charge on any atom is 0.251 e. The van der Waals surface area contributed by atoms with Crippen molar-refractivity contribution in [3.05, 3.63) is 29.8 Å². The van der Waals surface area contributed by atoms with E-state index in [1.165, 1.54) is 36.2 Å². The highest BCUT2D eigenvalue weighted by Crippen LogP contribution is 2.17. The van der Waals surface area contributed by atoms with Crippen molar-refractivity contribution >= 4 is 9.84 Å². The van der Waals surface area contributed by atoms with Gasteiger partial charge in [0, 0.05) is 12.8 Å². The lowest BCUT2D eigenvalue weighted by molar-refractivity contribution is 0.0680. The fourth-order valence-electron chi connectivity index (χ4n) is 1.65. The molecule has 7 heteroatoms. The number of hydrogen-bond donors (Lipinski definition) is 1. The molecule has 0 radical (unpaired) electrons. The SMILES string of the molecule is CN(CC(F)F)CC(O)c1ccc(S(C)(=O)=O)cc1. The molecule has 1 N–H and O–H groups in total. The molecule has 1 atom stereocenters. The Balaban J connectivity index is 2.70. The van der Waals surface area contributed by atoms with E-state index >= 15 is 0 Å². The van der Waals surface area contributed by atoms with Crippen LogP contribution in [0.15, 0.2) is 29.2 Å². The van der Waals surface area contributed by atoms with Gasteiger partial charge in [-0.2, -0.15) is 0 Å². The minimum atomic E-state index is -3.28. The predicted octanol–water partition coefficient (Wildman–Crippen LogP) is 1.32. The molecule has 0 saturated carbocycles. The summed E-state index contributed by atoms with van der Waals surface area (Å²) in [6.07, 6.45) is -2.29. The van der Waals surface area contributed by atoms with Crippen LogP contribution in [0.1, 0.15) is 11.7 Å². The van der Waals surface area contributed by atoms with Crippen LogP contribution in [0.2, 0.25) is 0 Å². The monoisotopic (exact) mass is 293 g/mol. The molecule has 1 aromatic carbocycles. The van der Waals surface area contributed by atoms with E-state index < -0.39 is 28.9 Å². The van der Waals surface area contributed by atoms with Gasteiger partial charge in [0.25, 0.3) is 6.43 Å². The van der Waals surface area contributed by atoms with Crippen LogP contribution in [0.4, 0.5) is 8.78 Å². The largest absolute Gasteiger partial charge is 0.387 e. The van der Waals surface area contributed by atoms with Gasteiger partial charge in [-0.25, -0.2) is 17.2 Å². The molecular weight excluding hydrogens is 276 g/mol. The molecule has 0 aliphatic rings. The fourth-order valence-corrected chi connectivity index (χ4v) is 2.28. The van der Waals surface area contributed by atoms with Crippen molar-refractivity contribution in [3.8, 4) is 0 Å². The number of benzene rings is 1. The summed E-state index contributed by atoms with van der Waals surface area (Å²) in [7, 11) is -1.79. The molecule has 0 amide bonds. The summed E-state index contributed by atoms with van der Waals surface area (Å²) in [6.45, 7) is -0.360. The third kappa shape index (κ3) is 5.22. The van der Waals surface area contributed by atoms with Gasteiger partial charge >= 0.3 is 0 Å². The average molecular weight is 293 g/mol. The number of rotatable bonds is 6. The third-order valence-electron chi connectivity index (χ3n) is 2.63.